The molecule has 0 spiro atoms. The first-order valence-electron chi connectivity index (χ1n) is 5.41. The van der Waals surface area contributed by atoms with E-state index in [0.29, 0.717) is 17.7 Å². The molecule has 1 aromatic carbocycles. The molecular weight excluding hydrogens is 236 g/mol. The SMILES string of the molecule is CN(C)C(=O)c1ccc(N)cc1SCCCO. The Morgan fingerprint density at radius 1 is 1.47 bits per heavy atom. The minimum atomic E-state index is -0.0310. The van der Waals surface area contributed by atoms with Crippen LogP contribution in [0.25, 0.3) is 0 Å². The van der Waals surface area contributed by atoms with Crippen LogP contribution in [-0.4, -0.2) is 42.4 Å². The first-order chi connectivity index (χ1) is 8.06. The molecule has 0 fully saturated rings. The molecule has 0 atom stereocenters. The van der Waals surface area contributed by atoms with E-state index in [-0.39, 0.29) is 12.5 Å². The van der Waals surface area contributed by atoms with E-state index in [0.717, 1.165) is 10.6 Å². The number of nitrogens with two attached hydrogens (primary N) is 1. The van der Waals surface area contributed by atoms with Gasteiger partial charge >= 0.3 is 0 Å². The highest BCUT2D eigenvalue weighted by Gasteiger charge is 2.13. The number of nitrogen functional groups attached to an aromatic ring is 1. The third kappa shape index (κ3) is 3.94. The number of anilines is 1. The molecule has 1 rings (SSSR count). The Labute approximate surface area is 106 Å². The molecule has 3 N–H and O–H groups in total. The fraction of sp³-hybridized carbons (Fsp3) is 0.417. The summed E-state index contributed by atoms with van der Waals surface area (Å²) in [7, 11) is 3.45. The molecule has 0 aliphatic rings. The number of carbonyl (C=O) groups is 1. The van der Waals surface area contributed by atoms with Crippen molar-refractivity contribution < 1.29 is 9.90 Å². The lowest BCUT2D eigenvalue weighted by molar-refractivity contribution is 0.0824. The van der Waals surface area contributed by atoms with Crippen molar-refractivity contribution in [3.05, 3.63) is 23.8 Å². The third-order valence-electron chi connectivity index (χ3n) is 2.20. The number of nitrogens with zero attached hydrogens (tertiary/aromatic N) is 1. The minimum Gasteiger partial charge on any atom is -0.399 e. The summed E-state index contributed by atoms with van der Waals surface area (Å²) < 4.78 is 0. The second kappa shape index (κ2) is 6.51. The van der Waals surface area contributed by atoms with Crippen molar-refractivity contribution in [2.75, 3.05) is 32.2 Å². The second-order valence-corrected chi connectivity index (χ2v) is 5.02. The van der Waals surface area contributed by atoms with Crippen molar-refractivity contribution in [1.82, 2.24) is 4.90 Å². The van der Waals surface area contributed by atoms with E-state index < -0.39 is 0 Å². The van der Waals surface area contributed by atoms with Crippen molar-refractivity contribution in [2.24, 2.45) is 0 Å². The summed E-state index contributed by atoms with van der Waals surface area (Å²) in [6, 6.07) is 5.28. The zero-order valence-electron chi connectivity index (χ0n) is 10.1. The second-order valence-electron chi connectivity index (χ2n) is 3.88. The normalized spacial score (nSPS) is 10.3. The standard InChI is InChI=1S/C12H18N2O2S/c1-14(2)12(16)10-5-4-9(13)8-11(10)17-7-3-6-15/h4-5,8,15H,3,6-7,13H2,1-2H3. The Kier molecular flexibility index (Phi) is 5.31. The highest BCUT2D eigenvalue weighted by atomic mass is 32.2. The van der Waals surface area contributed by atoms with Crippen LogP contribution in [0.5, 0.6) is 0 Å². The van der Waals surface area contributed by atoms with Crippen LogP contribution in [0.1, 0.15) is 16.8 Å². The third-order valence-corrected chi connectivity index (χ3v) is 3.34. The number of aliphatic hydroxyl groups excluding tert-OH is 1. The van der Waals surface area contributed by atoms with Gasteiger partial charge in [-0.3, -0.25) is 4.79 Å². The number of aliphatic hydroxyl groups is 1. The Balaban J connectivity index is 2.91. The van der Waals surface area contributed by atoms with Gasteiger partial charge < -0.3 is 15.7 Å². The maximum Gasteiger partial charge on any atom is 0.254 e. The van der Waals surface area contributed by atoms with Crippen LogP contribution < -0.4 is 5.73 Å². The Morgan fingerprint density at radius 2 is 2.18 bits per heavy atom. The average Bonchev–Trinajstić information content (AvgIpc) is 2.28. The number of amides is 1. The van der Waals surface area contributed by atoms with Gasteiger partial charge in [0.25, 0.3) is 5.91 Å². The van der Waals surface area contributed by atoms with Crippen LogP contribution in [-0.2, 0) is 0 Å². The number of carbonyl (C=O) groups excluding carboxylic acids is 1. The van der Waals surface area contributed by atoms with Crippen molar-refractivity contribution in [1.29, 1.82) is 0 Å². The lowest BCUT2D eigenvalue weighted by atomic mass is 10.2. The summed E-state index contributed by atoms with van der Waals surface area (Å²) in [5.74, 6) is 0.740. The number of benzene rings is 1. The van der Waals surface area contributed by atoms with Crippen LogP contribution in [0.4, 0.5) is 5.69 Å². The monoisotopic (exact) mass is 254 g/mol. The van der Waals surface area contributed by atoms with E-state index in [1.54, 1.807) is 49.0 Å². The van der Waals surface area contributed by atoms with Gasteiger partial charge in [-0.15, -0.1) is 11.8 Å². The van der Waals surface area contributed by atoms with E-state index in [1.165, 1.54) is 0 Å². The van der Waals surface area contributed by atoms with E-state index >= 15 is 0 Å². The molecule has 0 unspecified atom stereocenters. The van der Waals surface area contributed by atoms with Gasteiger partial charge in [-0.05, 0) is 24.6 Å². The van der Waals surface area contributed by atoms with Gasteiger partial charge in [0.05, 0.1) is 5.56 Å². The molecule has 1 aromatic rings. The maximum atomic E-state index is 11.9. The molecule has 0 saturated carbocycles. The molecule has 0 saturated heterocycles. The summed E-state index contributed by atoms with van der Waals surface area (Å²) in [6.45, 7) is 0.159. The smallest absolute Gasteiger partial charge is 0.254 e. The van der Waals surface area contributed by atoms with Gasteiger partial charge in [-0.1, -0.05) is 0 Å². The maximum absolute atomic E-state index is 11.9. The predicted octanol–water partition coefficient (Wildman–Crippen LogP) is 1.45. The molecule has 0 aromatic heterocycles. The first kappa shape index (κ1) is 13.9. The van der Waals surface area contributed by atoms with E-state index in [9.17, 15) is 4.79 Å². The Hall–Kier alpha value is -1.20. The lowest BCUT2D eigenvalue weighted by Crippen LogP contribution is -2.22. The highest BCUT2D eigenvalue weighted by molar-refractivity contribution is 7.99. The van der Waals surface area contributed by atoms with E-state index in [1.807, 2.05) is 0 Å². The van der Waals surface area contributed by atoms with Crippen LogP contribution in [0.2, 0.25) is 0 Å². The summed E-state index contributed by atoms with van der Waals surface area (Å²) in [5.41, 5.74) is 7.02. The zero-order valence-corrected chi connectivity index (χ0v) is 11.0. The molecule has 0 bridgehead atoms. The van der Waals surface area contributed by atoms with Crippen LogP contribution in [0.3, 0.4) is 0 Å². The molecule has 0 radical (unpaired) electrons. The fourth-order valence-corrected chi connectivity index (χ4v) is 2.35. The summed E-state index contributed by atoms with van der Waals surface area (Å²) >= 11 is 1.54. The van der Waals surface area contributed by atoms with Crippen molar-refractivity contribution >= 4 is 23.4 Å². The molecule has 1 amide bonds. The fourth-order valence-electron chi connectivity index (χ4n) is 1.32. The average molecular weight is 254 g/mol. The lowest BCUT2D eigenvalue weighted by Gasteiger charge is -2.14. The molecule has 17 heavy (non-hydrogen) atoms. The van der Waals surface area contributed by atoms with Gasteiger partial charge in [-0.2, -0.15) is 0 Å². The molecule has 4 nitrogen and oxygen atoms in total. The quantitative estimate of drug-likeness (QED) is 0.474. The first-order valence-corrected chi connectivity index (χ1v) is 6.39. The van der Waals surface area contributed by atoms with Gasteiger partial charge in [0.15, 0.2) is 0 Å². The molecule has 0 aliphatic carbocycles. The minimum absolute atomic E-state index is 0.0310. The van der Waals surface area contributed by atoms with Crippen molar-refractivity contribution in [2.45, 2.75) is 11.3 Å². The topological polar surface area (TPSA) is 66.6 Å². The van der Waals surface area contributed by atoms with Crippen LogP contribution >= 0.6 is 11.8 Å². The van der Waals surface area contributed by atoms with Crippen molar-refractivity contribution in [3.63, 3.8) is 0 Å². The number of rotatable bonds is 5. The number of thioether (sulfide) groups is 1. The van der Waals surface area contributed by atoms with Gasteiger partial charge in [-0.25, -0.2) is 0 Å². The Bertz CT molecular complexity index is 394. The number of hydrogen-bond donors (Lipinski definition) is 2. The molecule has 0 aliphatic heterocycles. The summed E-state index contributed by atoms with van der Waals surface area (Å²) in [6.07, 6.45) is 0.703. The highest BCUT2D eigenvalue weighted by Crippen LogP contribution is 2.26. The zero-order chi connectivity index (χ0) is 12.8. The number of hydrogen-bond acceptors (Lipinski definition) is 4. The van der Waals surface area contributed by atoms with Crippen LogP contribution in [0.15, 0.2) is 23.1 Å². The van der Waals surface area contributed by atoms with Gasteiger partial charge in [0.1, 0.15) is 0 Å². The largest absolute Gasteiger partial charge is 0.399 e. The van der Waals surface area contributed by atoms with E-state index in [2.05, 4.69) is 0 Å². The van der Waals surface area contributed by atoms with Crippen molar-refractivity contribution in [3.8, 4) is 0 Å². The summed E-state index contributed by atoms with van der Waals surface area (Å²) in [5, 5.41) is 8.75. The van der Waals surface area contributed by atoms with E-state index in [4.69, 9.17) is 10.8 Å². The predicted molar refractivity (Wildman–Crippen MR) is 71.3 cm³/mol. The Morgan fingerprint density at radius 3 is 2.76 bits per heavy atom. The molecule has 0 heterocycles. The van der Waals surface area contributed by atoms with Gasteiger partial charge in [0, 0.05) is 37.0 Å². The molecule has 94 valence electrons. The molecular formula is C12H18N2O2S. The van der Waals surface area contributed by atoms with Crippen LogP contribution in [0, 0.1) is 0 Å². The van der Waals surface area contributed by atoms with Gasteiger partial charge in [0.2, 0.25) is 0 Å². The summed E-state index contributed by atoms with van der Waals surface area (Å²) in [4.78, 5) is 14.3. The molecule has 5 heteroatoms.